The molecule has 0 spiro atoms. The van der Waals surface area contributed by atoms with E-state index in [4.69, 9.17) is 17.3 Å². The molecule has 1 unspecified atom stereocenters. The number of hydrogen-bond acceptors (Lipinski definition) is 6. The number of nitriles is 3. The van der Waals surface area contributed by atoms with Gasteiger partial charge in [0.25, 0.3) is 0 Å². The smallest absolute Gasteiger partial charge is 0.140 e. The fourth-order valence-corrected chi connectivity index (χ4v) is 3.23. The molecular formula is C22H15ClN6. The topological polar surface area (TPSA) is 113 Å². The van der Waals surface area contributed by atoms with E-state index in [2.05, 4.69) is 11.2 Å². The summed E-state index contributed by atoms with van der Waals surface area (Å²) in [5.74, 6) is -0.419. The van der Waals surface area contributed by atoms with Crippen molar-refractivity contribution in [1.82, 2.24) is 0 Å². The van der Waals surface area contributed by atoms with Gasteiger partial charge in [0, 0.05) is 10.6 Å². The van der Waals surface area contributed by atoms with Crippen LogP contribution in [-0.2, 0) is 0 Å². The molecule has 1 aliphatic rings. The molecule has 0 saturated carbocycles. The average molecular weight is 399 g/mol. The molecule has 1 heterocycles. The van der Waals surface area contributed by atoms with Crippen LogP contribution in [0.25, 0.3) is 0 Å². The minimum absolute atomic E-state index is 0.0708. The van der Waals surface area contributed by atoms with Crippen LogP contribution in [0.1, 0.15) is 18.4 Å². The highest BCUT2D eigenvalue weighted by molar-refractivity contribution is 6.30. The molecule has 2 aromatic carbocycles. The summed E-state index contributed by atoms with van der Waals surface area (Å²) in [6.45, 7) is 1.65. The van der Waals surface area contributed by atoms with Crippen LogP contribution in [0.4, 0.5) is 5.69 Å². The lowest BCUT2D eigenvalue weighted by atomic mass is 9.82. The van der Waals surface area contributed by atoms with Crippen LogP contribution in [0.5, 0.6) is 0 Å². The summed E-state index contributed by atoms with van der Waals surface area (Å²) in [7, 11) is 0. The number of nitrogens with zero attached hydrogens (tertiary/aromatic N) is 5. The van der Waals surface area contributed by atoms with Gasteiger partial charge in [-0.15, -0.1) is 0 Å². The van der Waals surface area contributed by atoms with Crippen molar-refractivity contribution in [1.29, 1.82) is 15.8 Å². The number of benzene rings is 2. The lowest BCUT2D eigenvalue weighted by Gasteiger charge is -2.32. The Balaban J connectivity index is 2.29. The van der Waals surface area contributed by atoms with Gasteiger partial charge < -0.3 is 5.73 Å². The maximum Gasteiger partial charge on any atom is 0.140 e. The van der Waals surface area contributed by atoms with Crippen LogP contribution >= 0.6 is 11.6 Å². The van der Waals surface area contributed by atoms with Gasteiger partial charge in [-0.05, 0) is 36.8 Å². The zero-order valence-electron chi connectivity index (χ0n) is 15.5. The van der Waals surface area contributed by atoms with Gasteiger partial charge in [-0.1, -0.05) is 41.9 Å². The SMILES string of the molecule is CC(C1=NN(c2ccc(Cl)cc2)C(N)=C(C#N)C1c1ccccc1)=C(C#N)C#N. The van der Waals surface area contributed by atoms with Gasteiger partial charge in [0.05, 0.1) is 29.0 Å². The van der Waals surface area contributed by atoms with E-state index in [1.165, 1.54) is 5.01 Å². The first kappa shape index (κ1) is 19.7. The second-order valence-electron chi connectivity index (χ2n) is 6.25. The fraction of sp³-hybridized carbons (Fsp3) is 0.0909. The van der Waals surface area contributed by atoms with Crippen LogP contribution in [0.3, 0.4) is 0 Å². The summed E-state index contributed by atoms with van der Waals surface area (Å²) in [6, 6.07) is 22.1. The average Bonchev–Trinajstić information content (AvgIpc) is 2.75. The summed E-state index contributed by atoms with van der Waals surface area (Å²) in [4.78, 5) is 0. The molecule has 6 nitrogen and oxygen atoms in total. The maximum atomic E-state index is 9.92. The quantitative estimate of drug-likeness (QED) is 0.771. The molecule has 7 heteroatoms. The van der Waals surface area contributed by atoms with Crippen molar-refractivity contribution < 1.29 is 0 Å². The van der Waals surface area contributed by atoms with E-state index in [1.54, 1.807) is 31.2 Å². The molecule has 0 bridgehead atoms. The van der Waals surface area contributed by atoms with E-state index >= 15 is 0 Å². The molecule has 0 aromatic heterocycles. The van der Waals surface area contributed by atoms with Crippen molar-refractivity contribution in [2.24, 2.45) is 10.8 Å². The minimum Gasteiger partial charge on any atom is -0.383 e. The van der Waals surface area contributed by atoms with Crippen LogP contribution in [0, 0.1) is 34.0 Å². The monoisotopic (exact) mass is 398 g/mol. The molecule has 0 fully saturated rings. The molecule has 1 atom stereocenters. The Kier molecular flexibility index (Phi) is 5.65. The number of nitrogens with two attached hydrogens (primary N) is 1. The van der Waals surface area contributed by atoms with E-state index in [0.717, 1.165) is 5.56 Å². The van der Waals surface area contributed by atoms with Gasteiger partial charge >= 0.3 is 0 Å². The standard InChI is InChI=1S/C22H15ClN6/c1-14(16(11-24)12-25)21-20(15-5-3-2-4-6-15)19(13-26)22(27)29(28-21)18-9-7-17(23)8-10-18/h2-10,20H,27H2,1H3. The largest absolute Gasteiger partial charge is 0.383 e. The second kappa shape index (κ2) is 8.31. The Morgan fingerprint density at radius 1 is 1.03 bits per heavy atom. The number of hydrogen-bond donors (Lipinski definition) is 1. The first-order valence-corrected chi connectivity index (χ1v) is 9.00. The highest BCUT2D eigenvalue weighted by Crippen LogP contribution is 2.37. The van der Waals surface area contributed by atoms with Crippen molar-refractivity contribution in [2.75, 3.05) is 5.01 Å². The third-order valence-corrected chi connectivity index (χ3v) is 4.83. The summed E-state index contributed by atoms with van der Waals surface area (Å²) < 4.78 is 0. The van der Waals surface area contributed by atoms with Crippen molar-refractivity contribution in [3.63, 3.8) is 0 Å². The fourth-order valence-electron chi connectivity index (χ4n) is 3.10. The predicted molar refractivity (Wildman–Crippen MR) is 111 cm³/mol. The molecule has 2 N–H and O–H groups in total. The van der Waals surface area contributed by atoms with E-state index < -0.39 is 5.92 Å². The zero-order chi connectivity index (χ0) is 21.0. The molecule has 3 rings (SSSR count). The number of anilines is 1. The lowest BCUT2D eigenvalue weighted by Crippen LogP contribution is -2.35. The van der Waals surface area contributed by atoms with Gasteiger partial charge in [-0.3, -0.25) is 0 Å². The highest BCUT2D eigenvalue weighted by Gasteiger charge is 2.34. The Hall–Kier alpha value is -4.05. The summed E-state index contributed by atoms with van der Waals surface area (Å²) >= 11 is 5.97. The van der Waals surface area contributed by atoms with E-state index in [1.807, 2.05) is 42.5 Å². The van der Waals surface area contributed by atoms with Crippen molar-refractivity contribution in [3.8, 4) is 18.2 Å². The Morgan fingerprint density at radius 3 is 2.21 bits per heavy atom. The Bertz CT molecular complexity index is 1140. The second-order valence-corrected chi connectivity index (χ2v) is 6.69. The number of allylic oxidation sites excluding steroid dienone is 3. The zero-order valence-corrected chi connectivity index (χ0v) is 16.2. The molecule has 0 amide bonds. The molecule has 29 heavy (non-hydrogen) atoms. The molecule has 0 radical (unpaired) electrons. The van der Waals surface area contributed by atoms with Gasteiger partial charge in [0.1, 0.15) is 23.5 Å². The van der Waals surface area contributed by atoms with Crippen LogP contribution in [0.15, 0.2) is 82.2 Å². The van der Waals surface area contributed by atoms with Gasteiger partial charge in [0.15, 0.2) is 0 Å². The molecule has 0 saturated heterocycles. The summed E-state index contributed by atoms with van der Waals surface area (Å²) in [5, 5.41) is 35.3. The van der Waals surface area contributed by atoms with Gasteiger partial charge in [0.2, 0.25) is 0 Å². The predicted octanol–water partition coefficient (Wildman–Crippen LogP) is 4.36. The maximum absolute atomic E-state index is 9.92. The highest BCUT2D eigenvalue weighted by atomic mass is 35.5. The molecule has 1 aliphatic heterocycles. The normalized spacial score (nSPS) is 15.6. The summed E-state index contributed by atoms with van der Waals surface area (Å²) in [5.41, 5.74) is 8.74. The molecular weight excluding hydrogens is 384 g/mol. The van der Waals surface area contributed by atoms with E-state index in [-0.39, 0.29) is 17.0 Å². The van der Waals surface area contributed by atoms with Gasteiger partial charge in [-0.2, -0.15) is 20.9 Å². The molecule has 2 aromatic rings. The van der Waals surface area contributed by atoms with Crippen molar-refractivity contribution in [2.45, 2.75) is 12.8 Å². The van der Waals surface area contributed by atoms with Crippen LogP contribution < -0.4 is 10.7 Å². The molecule has 0 aliphatic carbocycles. The number of hydrazone groups is 1. The van der Waals surface area contributed by atoms with E-state index in [9.17, 15) is 15.8 Å². The Morgan fingerprint density at radius 2 is 1.66 bits per heavy atom. The van der Waals surface area contributed by atoms with E-state index in [0.29, 0.717) is 22.0 Å². The van der Waals surface area contributed by atoms with Gasteiger partial charge in [-0.25, -0.2) is 5.01 Å². The first-order chi connectivity index (χ1) is 14.0. The minimum atomic E-state index is -0.596. The number of halogens is 1. The molecule has 140 valence electrons. The van der Waals surface area contributed by atoms with Crippen molar-refractivity contribution >= 4 is 23.0 Å². The third-order valence-electron chi connectivity index (χ3n) is 4.58. The number of rotatable bonds is 3. The first-order valence-electron chi connectivity index (χ1n) is 8.62. The van der Waals surface area contributed by atoms with Crippen LogP contribution in [0.2, 0.25) is 5.02 Å². The third kappa shape index (κ3) is 3.69. The summed E-state index contributed by atoms with van der Waals surface area (Å²) in [6.07, 6.45) is 0. The Labute approximate surface area is 173 Å². The lowest BCUT2D eigenvalue weighted by molar-refractivity contribution is 0.874. The van der Waals surface area contributed by atoms with Crippen molar-refractivity contribution in [3.05, 3.63) is 87.7 Å². The van der Waals surface area contributed by atoms with Crippen LogP contribution in [-0.4, -0.2) is 5.71 Å².